The Morgan fingerprint density at radius 1 is 1.58 bits per heavy atom. The van der Waals surface area contributed by atoms with Crippen molar-refractivity contribution < 1.29 is 14.6 Å². The zero-order chi connectivity index (χ0) is 9.56. The van der Waals surface area contributed by atoms with E-state index in [1.165, 1.54) is 13.2 Å². The molecule has 0 bridgehead atoms. The van der Waals surface area contributed by atoms with Crippen molar-refractivity contribution in [1.29, 1.82) is 0 Å². The van der Waals surface area contributed by atoms with Crippen LogP contribution in [0.25, 0.3) is 0 Å². The standard InChI is InChI=1S/C9H16O3/c1-7(8(2)10)5-4-6-9(11)12-3/h4,6-8,10H,5H2,1-3H3/b6-4+/t7-,8+/m1/s1. The van der Waals surface area contributed by atoms with Gasteiger partial charge >= 0.3 is 5.97 Å². The van der Waals surface area contributed by atoms with Gasteiger partial charge in [0.1, 0.15) is 0 Å². The number of ether oxygens (including phenoxy) is 1. The van der Waals surface area contributed by atoms with Crippen molar-refractivity contribution in [2.45, 2.75) is 26.4 Å². The summed E-state index contributed by atoms with van der Waals surface area (Å²) in [6.07, 6.45) is 3.43. The fraction of sp³-hybridized carbons (Fsp3) is 0.667. The molecule has 0 fully saturated rings. The van der Waals surface area contributed by atoms with Gasteiger partial charge in [0.2, 0.25) is 0 Å². The number of allylic oxidation sites excluding steroid dienone is 1. The molecule has 0 aromatic carbocycles. The van der Waals surface area contributed by atoms with Crippen LogP contribution in [0.15, 0.2) is 12.2 Å². The lowest BCUT2D eigenvalue weighted by Gasteiger charge is -2.10. The first kappa shape index (κ1) is 11.2. The van der Waals surface area contributed by atoms with Crippen molar-refractivity contribution in [3.8, 4) is 0 Å². The van der Waals surface area contributed by atoms with Gasteiger partial charge in [0.05, 0.1) is 13.2 Å². The van der Waals surface area contributed by atoms with Gasteiger partial charge in [0.25, 0.3) is 0 Å². The van der Waals surface area contributed by atoms with E-state index in [0.717, 1.165) is 0 Å². The molecule has 0 spiro atoms. The van der Waals surface area contributed by atoms with E-state index in [9.17, 15) is 4.79 Å². The molecule has 0 aromatic rings. The number of aliphatic hydroxyl groups excluding tert-OH is 1. The van der Waals surface area contributed by atoms with E-state index in [1.807, 2.05) is 6.92 Å². The van der Waals surface area contributed by atoms with Crippen molar-refractivity contribution >= 4 is 5.97 Å². The van der Waals surface area contributed by atoms with Crippen LogP contribution in [0.2, 0.25) is 0 Å². The second kappa shape index (κ2) is 5.77. The Hall–Kier alpha value is -0.830. The normalized spacial score (nSPS) is 16.0. The predicted molar refractivity (Wildman–Crippen MR) is 46.6 cm³/mol. The van der Waals surface area contributed by atoms with E-state index < -0.39 is 0 Å². The maximum absolute atomic E-state index is 10.6. The largest absolute Gasteiger partial charge is 0.466 e. The smallest absolute Gasteiger partial charge is 0.330 e. The minimum Gasteiger partial charge on any atom is -0.466 e. The van der Waals surface area contributed by atoms with Crippen LogP contribution < -0.4 is 0 Å². The van der Waals surface area contributed by atoms with Gasteiger partial charge < -0.3 is 9.84 Å². The molecule has 0 aliphatic heterocycles. The highest BCUT2D eigenvalue weighted by molar-refractivity contribution is 5.81. The molecule has 12 heavy (non-hydrogen) atoms. The monoisotopic (exact) mass is 172 g/mol. The number of carbonyl (C=O) groups is 1. The summed E-state index contributed by atoms with van der Waals surface area (Å²) < 4.78 is 4.40. The topological polar surface area (TPSA) is 46.5 Å². The first-order valence-corrected chi connectivity index (χ1v) is 4.00. The first-order chi connectivity index (χ1) is 5.57. The number of carbonyl (C=O) groups excluding carboxylic acids is 1. The molecule has 0 amide bonds. The van der Waals surface area contributed by atoms with Crippen molar-refractivity contribution in [3.63, 3.8) is 0 Å². The van der Waals surface area contributed by atoms with Crippen LogP contribution >= 0.6 is 0 Å². The van der Waals surface area contributed by atoms with Gasteiger partial charge in [-0.2, -0.15) is 0 Å². The molecule has 70 valence electrons. The van der Waals surface area contributed by atoms with Crippen molar-refractivity contribution in [2.24, 2.45) is 5.92 Å². The van der Waals surface area contributed by atoms with Gasteiger partial charge in [-0.3, -0.25) is 0 Å². The lowest BCUT2D eigenvalue weighted by Crippen LogP contribution is -2.11. The molecule has 0 saturated heterocycles. The Balaban J connectivity index is 3.67. The summed E-state index contributed by atoms with van der Waals surface area (Å²) in [6.45, 7) is 3.66. The van der Waals surface area contributed by atoms with Crippen LogP contribution in [-0.4, -0.2) is 24.3 Å². The van der Waals surface area contributed by atoms with Crippen LogP contribution in [0.4, 0.5) is 0 Å². The summed E-state index contributed by atoms with van der Waals surface area (Å²) in [4.78, 5) is 10.6. The molecule has 0 rings (SSSR count). The number of esters is 1. The fourth-order valence-electron chi connectivity index (χ4n) is 0.644. The number of rotatable bonds is 4. The fourth-order valence-corrected chi connectivity index (χ4v) is 0.644. The second-order valence-electron chi connectivity index (χ2n) is 2.88. The maximum Gasteiger partial charge on any atom is 0.330 e. The Morgan fingerprint density at radius 2 is 2.17 bits per heavy atom. The van der Waals surface area contributed by atoms with Crippen LogP contribution in [0, 0.1) is 5.92 Å². The molecule has 0 radical (unpaired) electrons. The highest BCUT2D eigenvalue weighted by atomic mass is 16.5. The zero-order valence-corrected chi connectivity index (χ0v) is 7.78. The van der Waals surface area contributed by atoms with Crippen molar-refractivity contribution in [3.05, 3.63) is 12.2 Å². The van der Waals surface area contributed by atoms with Crippen LogP contribution in [0.5, 0.6) is 0 Å². The third kappa shape index (κ3) is 4.91. The van der Waals surface area contributed by atoms with E-state index in [0.29, 0.717) is 6.42 Å². The molecule has 0 aliphatic rings. The van der Waals surface area contributed by atoms with Crippen LogP contribution in [-0.2, 0) is 9.53 Å². The summed E-state index contributed by atoms with van der Waals surface area (Å²) >= 11 is 0. The third-order valence-electron chi connectivity index (χ3n) is 1.79. The Labute approximate surface area is 73.0 Å². The van der Waals surface area contributed by atoms with Crippen LogP contribution in [0.1, 0.15) is 20.3 Å². The summed E-state index contributed by atoms with van der Waals surface area (Å²) in [5.41, 5.74) is 0. The number of aliphatic hydroxyl groups is 1. The molecule has 0 aliphatic carbocycles. The molecular weight excluding hydrogens is 156 g/mol. The summed E-state index contributed by atoms with van der Waals surface area (Å²) in [7, 11) is 1.34. The van der Waals surface area contributed by atoms with E-state index in [1.54, 1.807) is 13.0 Å². The van der Waals surface area contributed by atoms with Gasteiger partial charge in [-0.05, 0) is 19.3 Å². The number of hydrogen-bond donors (Lipinski definition) is 1. The van der Waals surface area contributed by atoms with E-state index in [-0.39, 0.29) is 18.0 Å². The van der Waals surface area contributed by atoms with Gasteiger partial charge in [0, 0.05) is 6.08 Å². The minimum absolute atomic E-state index is 0.172. The number of hydrogen-bond acceptors (Lipinski definition) is 3. The average Bonchev–Trinajstić information content (AvgIpc) is 2.03. The highest BCUT2D eigenvalue weighted by Gasteiger charge is 2.05. The lowest BCUT2D eigenvalue weighted by atomic mass is 10.0. The molecular formula is C9H16O3. The molecule has 1 N–H and O–H groups in total. The maximum atomic E-state index is 10.6. The minimum atomic E-state index is -0.354. The first-order valence-electron chi connectivity index (χ1n) is 4.00. The van der Waals surface area contributed by atoms with Crippen molar-refractivity contribution in [2.75, 3.05) is 7.11 Å². The molecule has 0 saturated carbocycles. The van der Waals surface area contributed by atoms with E-state index >= 15 is 0 Å². The quantitative estimate of drug-likeness (QED) is 0.510. The summed E-state index contributed by atoms with van der Waals surface area (Å²) in [5, 5.41) is 9.09. The Bertz CT molecular complexity index is 161. The van der Waals surface area contributed by atoms with Gasteiger partial charge in [-0.25, -0.2) is 4.79 Å². The lowest BCUT2D eigenvalue weighted by molar-refractivity contribution is -0.134. The Morgan fingerprint density at radius 3 is 2.58 bits per heavy atom. The second-order valence-corrected chi connectivity index (χ2v) is 2.88. The Kier molecular flexibility index (Phi) is 5.37. The van der Waals surface area contributed by atoms with Crippen LogP contribution in [0.3, 0.4) is 0 Å². The van der Waals surface area contributed by atoms with Gasteiger partial charge in [-0.1, -0.05) is 13.0 Å². The third-order valence-corrected chi connectivity index (χ3v) is 1.79. The summed E-state index contributed by atoms with van der Waals surface area (Å²) in [6, 6.07) is 0. The predicted octanol–water partition coefficient (Wildman–Crippen LogP) is 1.12. The molecule has 0 unspecified atom stereocenters. The molecule has 0 aromatic heterocycles. The molecule has 3 nitrogen and oxygen atoms in total. The number of methoxy groups -OCH3 is 1. The van der Waals surface area contributed by atoms with E-state index in [2.05, 4.69) is 4.74 Å². The summed E-state index contributed by atoms with van der Waals surface area (Å²) in [5.74, 6) is -0.182. The molecule has 2 atom stereocenters. The average molecular weight is 172 g/mol. The van der Waals surface area contributed by atoms with Gasteiger partial charge in [-0.15, -0.1) is 0 Å². The molecule has 0 heterocycles. The van der Waals surface area contributed by atoms with Gasteiger partial charge in [0.15, 0.2) is 0 Å². The molecule has 3 heteroatoms. The van der Waals surface area contributed by atoms with Crippen molar-refractivity contribution in [1.82, 2.24) is 0 Å². The zero-order valence-electron chi connectivity index (χ0n) is 7.78. The highest BCUT2D eigenvalue weighted by Crippen LogP contribution is 2.07. The SMILES string of the molecule is COC(=O)/C=C/C[C@@H](C)[C@H](C)O. The van der Waals surface area contributed by atoms with E-state index in [4.69, 9.17) is 5.11 Å².